The highest BCUT2D eigenvalue weighted by Crippen LogP contribution is 2.39. The molecule has 2 heterocycles. The average molecular weight is 480 g/mol. The second kappa shape index (κ2) is 8.76. The van der Waals surface area contributed by atoms with Crippen LogP contribution in [0.4, 0.5) is 18.9 Å². The Balaban J connectivity index is 1.38. The van der Waals surface area contributed by atoms with Crippen LogP contribution in [0.5, 0.6) is 11.5 Å². The number of aryl methyl sites for hydroxylation is 2. The maximum Gasteiger partial charge on any atom is 0.416 e. The normalized spacial score (nSPS) is 15.5. The van der Waals surface area contributed by atoms with E-state index in [2.05, 4.69) is 4.90 Å². The minimum absolute atomic E-state index is 0.247. The van der Waals surface area contributed by atoms with Crippen molar-refractivity contribution in [1.82, 2.24) is 9.80 Å². The van der Waals surface area contributed by atoms with Crippen molar-refractivity contribution in [2.45, 2.75) is 20.0 Å². The highest BCUT2D eigenvalue weighted by atomic mass is 19.4. The van der Waals surface area contributed by atoms with Crippen LogP contribution in [0, 0.1) is 13.8 Å². The van der Waals surface area contributed by atoms with E-state index in [1.165, 1.54) is 12.1 Å². The molecule has 0 N–H and O–H groups in total. The summed E-state index contributed by atoms with van der Waals surface area (Å²) in [6.45, 7) is 5.96. The second-order valence-corrected chi connectivity index (χ2v) is 8.86. The molecule has 0 saturated carbocycles. The van der Waals surface area contributed by atoms with Crippen molar-refractivity contribution in [2.24, 2.45) is 4.99 Å². The molecular weight excluding hydrogens is 455 g/mol. The van der Waals surface area contributed by atoms with Gasteiger partial charge in [0.2, 0.25) is 0 Å². The van der Waals surface area contributed by atoms with Gasteiger partial charge >= 0.3 is 6.18 Å². The number of amides is 1. The van der Waals surface area contributed by atoms with E-state index >= 15 is 0 Å². The molecule has 2 aliphatic heterocycles. The van der Waals surface area contributed by atoms with Gasteiger partial charge in [-0.3, -0.25) is 4.79 Å². The number of hydrogen-bond donors (Lipinski definition) is 0. The van der Waals surface area contributed by atoms with Crippen LogP contribution in [-0.4, -0.2) is 47.7 Å². The monoisotopic (exact) mass is 479 g/mol. The summed E-state index contributed by atoms with van der Waals surface area (Å²) >= 11 is 0. The highest BCUT2D eigenvalue weighted by molar-refractivity contribution is 6.04. The Kier molecular flexibility index (Phi) is 5.75. The Hall–Kier alpha value is -3.81. The second-order valence-electron chi connectivity index (χ2n) is 8.86. The number of amidine groups is 1. The van der Waals surface area contributed by atoms with Crippen molar-refractivity contribution >= 4 is 17.4 Å². The number of halogens is 3. The Morgan fingerprint density at radius 1 is 0.857 bits per heavy atom. The first kappa shape index (κ1) is 23.0. The molecule has 1 amide bonds. The van der Waals surface area contributed by atoms with Crippen LogP contribution in [0.25, 0.3) is 0 Å². The number of benzene rings is 3. The number of carbonyl (C=O) groups is 1. The first-order valence-corrected chi connectivity index (χ1v) is 11.4. The summed E-state index contributed by atoms with van der Waals surface area (Å²) in [5, 5.41) is 0. The quantitative estimate of drug-likeness (QED) is 0.432. The van der Waals surface area contributed by atoms with E-state index in [0.717, 1.165) is 46.1 Å². The summed E-state index contributed by atoms with van der Waals surface area (Å²) in [5.41, 5.74) is 3.27. The average Bonchev–Trinajstić information content (AvgIpc) is 2.99. The number of hydrogen-bond acceptors (Lipinski definition) is 4. The molecule has 180 valence electrons. The Bertz CT molecular complexity index is 1310. The van der Waals surface area contributed by atoms with E-state index in [4.69, 9.17) is 9.73 Å². The van der Waals surface area contributed by atoms with Gasteiger partial charge in [-0.15, -0.1) is 0 Å². The Morgan fingerprint density at radius 2 is 1.51 bits per heavy atom. The Labute approximate surface area is 201 Å². The van der Waals surface area contributed by atoms with Crippen LogP contribution in [-0.2, 0) is 6.18 Å². The van der Waals surface area contributed by atoms with Gasteiger partial charge in [-0.2, -0.15) is 13.2 Å². The molecule has 35 heavy (non-hydrogen) atoms. The molecule has 1 fully saturated rings. The number of fused-ring (bicyclic) bond motifs is 2. The number of ether oxygens (including phenoxy) is 1. The van der Waals surface area contributed by atoms with Gasteiger partial charge in [-0.25, -0.2) is 4.99 Å². The molecular formula is C27H24F3N3O2. The number of carbonyl (C=O) groups excluding carboxylic acids is 1. The molecule has 8 heteroatoms. The molecule has 3 aromatic carbocycles. The summed E-state index contributed by atoms with van der Waals surface area (Å²) in [6.07, 6.45) is -4.43. The van der Waals surface area contributed by atoms with Gasteiger partial charge in [0.1, 0.15) is 17.3 Å². The van der Waals surface area contributed by atoms with Gasteiger partial charge < -0.3 is 14.5 Å². The molecule has 0 aromatic heterocycles. The minimum Gasteiger partial charge on any atom is -0.454 e. The van der Waals surface area contributed by atoms with E-state index in [1.807, 2.05) is 50.2 Å². The zero-order chi connectivity index (χ0) is 24.7. The van der Waals surface area contributed by atoms with Gasteiger partial charge in [0, 0.05) is 31.7 Å². The summed E-state index contributed by atoms with van der Waals surface area (Å²) in [7, 11) is 0. The molecule has 3 aromatic rings. The molecule has 0 unspecified atom stereocenters. The van der Waals surface area contributed by atoms with Crippen molar-refractivity contribution in [3.05, 3.63) is 88.5 Å². The van der Waals surface area contributed by atoms with Gasteiger partial charge in [-0.05, 0) is 67.9 Å². The van der Waals surface area contributed by atoms with Gasteiger partial charge in [0.05, 0.1) is 11.1 Å². The lowest BCUT2D eigenvalue weighted by Crippen LogP contribution is -2.50. The first-order chi connectivity index (χ1) is 16.7. The highest BCUT2D eigenvalue weighted by Gasteiger charge is 2.31. The maximum absolute atomic E-state index is 12.9. The molecule has 0 bridgehead atoms. The zero-order valence-corrected chi connectivity index (χ0v) is 19.4. The summed E-state index contributed by atoms with van der Waals surface area (Å²) in [5.74, 6) is 1.93. The topological polar surface area (TPSA) is 45.1 Å². The van der Waals surface area contributed by atoms with Crippen LogP contribution < -0.4 is 4.74 Å². The zero-order valence-electron chi connectivity index (χ0n) is 19.4. The first-order valence-electron chi connectivity index (χ1n) is 11.4. The molecule has 2 aliphatic rings. The van der Waals surface area contributed by atoms with Crippen molar-refractivity contribution in [3.63, 3.8) is 0 Å². The van der Waals surface area contributed by atoms with Crippen LogP contribution in [0.3, 0.4) is 0 Å². The smallest absolute Gasteiger partial charge is 0.416 e. The summed E-state index contributed by atoms with van der Waals surface area (Å²) < 4.78 is 44.8. The van der Waals surface area contributed by atoms with Crippen LogP contribution in [0.1, 0.15) is 32.6 Å². The molecule has 1 saturated heterocycles. The third kappa shape index (κ3) is 4.60. The molecule has 5 nitrogen and oxygen atoms in total. The minimum atomic E-state index is -4.43. The van der Waals surface area contributed by atoms with Crippen LogP contribution in [0.2, 0.25) is 0 Å². The number of rotatable bonds is 1. The number of piperazine rings is 1. The third-order valence-electron chi connectivity index (χ3n) is 6.26. The van der Waals surface area contributed by atoms with E-state index in [9.17, 15) is 18.0 Å². The van der Waals surface area contributed by atoms with E-state index < -0.39 is 11.7 Å². The molecule has 0 aliphatic carbocycles. The number of alkyl halides is 3. The van der Waals surface area contributed by atoms with Gasteiger partial charge in [-0.1, -0.05) is 17.7 Å². The predicted octanol–water partition coefficient (Wildman–Crippen LogP) is 5.96. The van der Waals surface area contributed by atoms with Crippen molar-refractivity contribution in [3.8, 4) is 11.5 Å². The lowest BCUT2D eigenvalue weighted by atomic mass is 10.1. The van der Waals surface area contributed by atoms with Crippen LogP contribution >= 0.6 is 0 Å². The molecule has 0 atom stereocenters. The third-order valence-corrected chi connectivity index (χ3v) is 6.26. The van der Waals surface area contributed by atoms with Crippen molar-refractivity contribution < 1.29 is 22.7 Å². The standard InChI is InChI=1S/C27H24F3N3O2/c1-17-4-10-23-21(15-17)25(31-22-9-3-18(2)16-24(22)35-23)32-11-13-33(14-12-32)26(34)19-5-7-20(8-6-19)27(28,29)30/h3-10,15-16H,11-14H2,1-2H3. The summed E-state index contributed by atoms with van der Waals surface area (Å²) in [6, 6.07) is 16.3. The number of aliphatic imine (C=N–C) groups is 1. The van der Waals surface area contributed by atoms with Crippen molar-refractivity contribution in [2.75, 3.05) is 26.2 Å². The maximum atomic E-state index is 12.9. The van der Waals surface area contributed by atoms with E-state index in [0.29, 0.717) is 31.9 Å². The van der Waals surface area contributed by atoms with E-state index in [1.54, 1.807) is 4.90 Å². The lowest BCUT2D eigenvalue weighted by Gasteiger charge is -2.36. The SMILES string of the molecule is Cc1ccc2c(c1)Oc1ccc(C)cc1C(N1CCN(C(=O)c3ccc(C(F)(F)F)cc3)CC1)=N2. The molecule has 5 rings (SSSR count). The molecule has 0 spiro atoms. The summed E-state index contributed by atoms with van der Waals surface area (Å²) in [4.78, 5) is 21.7. The van der Waals surface area contributed by atoms with E-state index in [-0.39, 0.29) is 11.5 Å². The fourth-order valence-electron chi connectivity index (χ4n) is 4.34. The number of nitrogens with zero attached hydrogens (tertiary/aromatic N) is 3. The van der Waals surface area contributed by atoms with Crippen molar-refractivity contribution in [1.29, 1.82) is 0 Å². The fraction of sp³-hybridized carbons (Fsp3) is 0.259. The fourth-order valence-corrected chi connectivity index (χ4v) is 4.34. The Morgan fingerprint density at radius 3 is 2.20 bits per heavy atom. The van der Waals surface area contributed by atoms with Crippen LogP contribution in [0.15, 0.2) is 65.7 Å². The van der Waals surface area contributed by atoms with Gasteiger partial charge in [0.25, 0.3) is 5.91 Å². The largest absolute Gasteiger partial charge is 0.454 e. The predicted molar refractivity (Wildman–Crippen MR) is 128 cm³/mol. The lowest BCUT2D eigenvalue weighted by molar-refractivity contribution is -0.137. The molecule has 0 radical (unpaired) electrons. The van der Waals surface area contributed by atoms with Gasteiger partial charge in [0.15, 0.2) is 5.75 Å².